The molecule has 0 aliphatic carbocycles. The molecule has 0 aliphatic heterocycles. The van der Waals surface area contributed by atoms with E-state index < -0.39 is 10.8 Å². The summed E-state index contributed by atoms with van der Waals surface area (Å²) >= 11 is 5.74. The van der Waals surface area contributed by atoms with E-state index in [0.717, 1.165) is 12.0 Å². The molecule has 4 heteroatoms. The van der Waals surface area contributed by atoms with Gasteiger partial charge in [0, 0.05) is 27.3 Å². The number of hydrogen-bond donors (Lipinski definition) is 1. The predicted molar refractivity (Wildman–Crippen MR) is 61.8 cm³/mol. The summed E-state index contributed by atoms with van der Waals surface area (Å²) in [6.07, 6.45) is 0.820. The third kappa shape index (κ3) is 4.22. The normalized spacial score (nSPS) is 12.7. The molecule has 2 N–H and O–H groups in total. The van der Waals surface area contributed by atoms with Crippen LogP contribution < -0.4 is 5.73 Å². The molecular weight excluding hydrogens is 218 g/mol. The van der Waals surface area contributed by atoms with Gasteiger partial charge in [-0.25, -0.2) is 0 Å². The molecule has 0 amide bonds. The molecule has 1 rings (SSSR count). The Morgan fingerprint density at radius 2 is 1.93 bits per heavy atom. The van der Waals surface area contributed by atoms with E-state index in [-0.39, 0.29) is 0 Å². The molecule has 0 saturated carbocycles. The van der Waals surface area contributed by atoms with Gasteiger partial charge >= 0.3 is 0 Å². The van der Waals surface area contributed by atoms with Gasteiger partial charge in [0.05, 0.1) is 0 Å². The van der Waals surface area contributed by atoms with E-state index in [2.05, 4.69) is 0 Å². The van der Waals surface area contributed by atoms with Gasteiger partial charge in [0.25, 0.3) is 0 Å². The summed E-state index contributed by atoms with van der Waals surface area (Å²) < 4.78 is 11.5. The molecule has 0 aromatic heterocycles. The SMILES string of the molecule is NCCCS(=O)Cc1ccc(Cl)cc1. The van der Waals surface area contributed by atoms with E-state index in [1.807, 2.05) is 24.3 Å². The van der Waals surface area contributed by atoms with Crippen molar-refractivity contribution in [3.8, 4) is 0 Å². The molecule has 1 atom stereocenters. The smallest absolute Gasteiger partial charge is 0.0485 e. The summed E-state index contributed by atoms with van der Waals surface area (Å²) in [6.45, 7) is 0.604. The lowest BCUT2D eigenvalue weighted by atomic mass is 10.2. The van der Waals surface area contributed by atoms with E-state index in [1.165, 1.54) is 0 Å². The van der Waals surface area contributed by atoms with Crippen molar-refractivity contribution in [2.45, 2.75) is 12.2 Å². The van der Waals surface area contributed by atoms with Crippen molar-refractivity contribution in [3.05, 3.63) is 34.9 Å². The fourth-order valence-electron chi connectivity index (χ4n) is 1.08. The van der Waals surface area contributed by atoms with Crippen LogP contribution in [0.5, 0.6) is 0 Å². The van der Waals surface area contributed by atoms with E-state index in [4.69, 9.17) is 17.3 Å². The molecule has 1 aromatic carbocycles. The van der Waals surface area contributed by atoms with Crippen LogP contribution in [-0.4, -0.2) is 16.5 Å². The largest absolute Gasteiger partial charge is 0.330 e. The van der Waals surface area contributed by atoms with Crippen LogP contribution in [0.25, 0.3) is 0 Å². The number of nitrogens with two attached hydrogens (primary N) is 1. The molecule has 0 fully saturated rings. The van der Waals surface area contributed by atoms with Crippen LogP contribution in [-0.2, 0) is 16.6 Å². The minimum absolute atomic E-state index is 0.594. The highest BCUT2D eigenvalue weighted by Crippen LogP contribution is 2.11. The van der Waals surface area contributed by atoms with Crippen LogP contribution >= 0.6 is 11.6 Å². The molecule has 0 heterocycles. The molecule has 0 aliphatic rings. The Kier molecular flexibility index (Phi) is 5.15. The number of benzene rings is 1. The number of rotatable bonds is 5. The van der Waals surface area contributed by atoms with Gasteiger partial charge in [0.2, 0.25) is 0 Å². The van der Waals surface area contributed by atoms with Crippen molar-refractivity contribution in [2.75, 3.05) is 12.3 Å². The summed E-state index contributed by atoms with van der Waals surface area (Å²) in [5, 5.41) is 0.710. The fourth-order valence-corrected chi connectivity index (χ4v) is 2.41. The molecular formula is C10H14ClNOS. The zero-order chi connectivity index (χ0) is 10.4. The Morgan fingerprint density at radius 1 is 1.29 bits per heavy atom. The van der Waals surface area contributed by atoms with Crippen molar-refractivity contribution in [1.82, 2.24) is 0 Å². The van der Waals surface area contributed by atoms with Gasteiger partial charge < -0.3 is 5.73 Å². The fraction of sp³-hybridized carbons (Fsp3) is 0.400. The van der Waals surface area contributed by atoms with Crippen molar-refractivity contribution in [3.63, 3.8) is 0 Å². The van der Waals surface area contributed by atoms with Crippen LogP contribution in [0.2, 0.25) is 5.02 Å². The van der Waals surface area contributed by atoms with Crippen molar-refractivity contribution < 1.29 is 4.21 Å². The predicted octanol–water partition coefficient (Wildman–Crippen LogP) is 1.94. The van der Waals surface area contributed by atoms with Gasteiger partial charge in [0.1, 0.15) is 0 Å². The average Bonchev–Trinajstić information content (AvgIpc) is 2.18. The van der Waals surface area contributed by atoms with Gasteiger partial charge in [-0.2, -0.15) is 0 Å². The maximum atomic E-state index is 11.5. The Morgan fingerprint density at radius 3 is 2.50 bits per heavy atom. The third-order valence-electron chi connectivity index (χ3n) is 1.82. The number of halogens is 1. The van der Waals surface area contributed by atoms with Crippen LogP contribution in [0.15, 0.2) is 24.3 Å². The molecule has 0 bridgehead atoms. The standard InChI is InChI=1S/C10H14ClNOS/c11-10-4-2-9(3-5-10)8-14(13)7-1-6-12/h2-5H,1,6-8,12H2. The van der Waals surface area contributed by atoms with E-state index in [0.29, 0.717) is 23.1 Å². The Balaban J connectivity index is 2.44. The van der Waals surface area contributed by atoms with Crippen LogP contribution in [0.1, 0.15) is 12.0 Å². The van der Waals surface area contributed by atoms with E-state index >= 15 is 0 Å². The first-order valence-electron chi connectivity index (χ1n) is 4.52. The second-order valence-electron chi connectivity index (χ2n) is 3.06. The minimum atomic E-state index is -0.801. The molecule has 14 heavy (non-hydrogen) atoms. The summed E-state index contributed by atoms with van der Waals surface area (Å²) in [5.41, 5.74) is 6.40. The highest BCUT2D eigenvalue weighted by molar-refractivity contribution is 7.84. The Bertz CT molecular complexity index is 299. The van der Waals surface area contributed by atoms with Gasteiger partial charge in [0.15, 0.2) is 0 Å². The first-order valence-corrected chi connectivity index (χ1v) is 6.38. The molecule has 78 valence electrons. The Hall–Kier alpha value is -0.380. The lowest BCUT2D eigenvalue weighted by Gasteiger charge is -2.01. The number of hydrogen-bond acceptors (Lipinski definition) is 2. The third-order valence-corrected chi connectivity index (χ3v) is 3.47. The average molecular weight is 232 g/mol. The monoisotopic (exact) mass is 231 g/mol. The van der Waals surface area contributed by atoms with Gasteiger partial charge in [-0.05, 0) is 30.7 Å². The highest BCUT2D eigenvalue weighted by Gasteiger charge is 2.00. The van der Waals surface area contributed by atoms with Crippen molar-refractivity contribution >= 4 is 22.4 Å². The summed E-state index contributed by atoms with van der Waals surface area (Å²) in [5.74, 6) is 1.27. The van der Waals surface area contributed by atoms with Gasteiger partial charge in [-0.3, -0.25) is 4.21 Å². The van der Waals surface area contributed by atoms with Gasteiger partial charge in [-0.15, -0.1) is 0 Å². The maximum Gasteiger partial charge on any atom is 0.0485 e. The second-order valence-corrected chi connectivity index (χ2v) is 5.07. The molecule has 2 nitrogen and oxygen atoms in total. The van der Waals surface area contributed by atoms with E-state index in [1.54, 1.807) is 0 Å². The quantitative estimate of drug-likeness (QED) is 0.842. The highest BCUT2D eigenvalue weighted by atomic mass is 35.5. The summed E-state index contributed by atoms with van der Waals surface area (Å²) in [6, 6.07) is 7.44. The molecule has 0 spiro atoms. The minimum Gasteiger partial charge on any atom is -0.330 e. The van der Waals surface area contributed by atoms with Crippen molar-refractivity contribution in [1.29, 1.82) is 0 Å². The zero-order valence-electron chi connectivity index (χ0n) is 7.91. The lowest BCUT2D eigenvalue weighted by molar-refractivity contribution is 0.680. The van der Waals surface area contributed by atoms with Crippen LogP contribution in [0, 0.1) is 0 Å². The maximum absolute atomic E-state index is 11.5. The van der Waals surface area contributed by atoms with Crippen LogP contribution in [0.4, 0.5) is 0 Å². The van der Waals surface area contributed by atoms with Crippen molar-refractivity contribution in [2.24, 2.45) is 5.73 Å². The topological polar surface area (TPSA) is 43.1 Å². The zero-order valence-corrected chi connectivity index (χ0v) is 9.48. The Labute approximate surface area is 91.9 Å². The first kappa shape index (κ1) is 11.7. The second kappa shape index (κ2) is 6.17. The van der Waals surface area contributed by atoms with Gasteiger partial charge in [-0.1, -0.05) is 23.7 Å². The lowest BCUT2D eigenvalue weighted by Crippen LogP contribution is -2.07. The summed E-state index contributed by atoms with van der Waals surface area (Å²) in [4.78, 5) is 0. The summed E-state index contributed by atoms with van der Waals surface area (Å²) in [7, 11) is -0.801. The molecule has 1 unspecified atom stereocenters. The van der Waals surface area contributed by atoms with E-state index in [9.17, 15) is 4.21 Å². The molecule has 1 aromatic rings. The molecule has 0 saturated heterocycles. The molecule has 0 radical (unpaired) electrons. The van der Waals surface area contributed by atoms with Crippen LogP contribution in [0.3, 0.4) is 0 Å². The first-order chi connectivity index (χ1) is 6.72.